The molecule has 0 bridgehead atoms. The van der Waals surface area contributed by atoms with Crippen LogP contribution in [0.3, 0.4) is 0 Å². The first-order valence-corrected chi connectivity index (χ1v) is 11.9. The monoisotopic (exact) mass is 437 g/mol. The normalized spacial score (nSPS) is 13.9. The topological polar surface area (TPSA) is 71.8 Å². The van der Waals surface area contributed by atoms with E-state index in [9.17, 15) is 4.79 Å². The highest BCUT2D eigenvalue weighted by atomic mass is 32.2. The van der Waals surface area contributed by atoms with E-state index in [0.717, 1.165) is 49.1 Å². The second-order valence-electron chi connectivity index (χ2n) is 6.97. The molecule has 1 aliphatic carbocycles. The molecule has 5 aromatic rings. The molecule has 4 aromatic heterocycles. The van der Waals surface area contributed by atoms with E-state index in [-0.39, 0.29) is 5.56 Å². The summed E-state index contributed by atoms with van der Waals surface area (Å²) in [7, 11) is 0. The Morgan fingerprint density at radius 2 is 1.93 bits per heavy atom. The van der Waals surface area contributed by atoms with E-state index in [2.05, 4.69) is 16.0 Å². The summed E-state index contributed by atoms with van der Waals surface area (Å²) in [6, 6.07) is 11.8. The smallest absolute Gasteiger partial charge is 0.260 e. The van der Waals surface area contributed by atoms with Gasteiger partial charge in [0.05, 0.1) is 15.6 Å². The molecule has 1 N–H and O–H groups in total. The molecule has 0 saturated carbocycles. The first-order valence-electron chi connectivity index (χ1n) is 9.43. The van der Waals surface area contributed by atoms with Crippen LogP contribution in [0.25, 0.3) is 32.0 Å². The fourth-order valence-corrected chi connectivity index (χ4v) is 6.99. The fourth-order valence-electron chi connectivity index (χ4n) is 3.76. The summed E-state index contributed by atoms with van der Waals surface area (Å²) in [6.45, 7) is 0. The molecule has 8 heteroatoms. The van der Waals surface area contributed by atoms with Crippen LogP contribution in [0.5, 0.6) is 0 Å². The minimum absolute atomic E-state index is 0.0684. The lowest BCUT2D eigenvalue weighted by atomic mass is 9.97. The number of H-pyrrole nitrogens is 1. The van der Waals surface area contributed by atoms with Crippen LogP contribution in [0, 0.1) is 0 Å². The molecule has 0 spiro atoms. The van der Waals surface area contributed by atoms with Crippen molar-refractivity contribution in [1.29, 1.82) is 0 Å². The zero-order chi connectivity index (χ0) is 19.4. The van der Waals surface area contributed by atoms with Gasteiger partial charge in [0.2, 0.25) is 0 Å². The zero-order valence-electron chi connectivity index (χ0n) is 15.2. The van der Waals surface area contributed by atoms with Gasteiger partial charge in [-0.1, -0.05) is 12.1 Å². The van der Waals surface area contributed by atoms with Crippen LogP contribution >= 0.6 is 34.4 Å². The average molecular weight is 438 g/mol. The lowest BCUT2D eigenvalue weighted by Crippen LogP contribution is -2.10. The van der Waals surface area contributed by atoms with Crippen LogP contribution in [-0.4, -0.2) is 15.0 Å². The number of nitrogens with zero attached hydrogens (tertiary/aromatic N) is 2. The standard InChI is InChI=1S/C21H15N3O2S3/c25-19-17-11-5-1-3-7-14(11)27-20(17)24-18(23-19)13-9-10-16(26-13)29-21-22-12-6-2-4-8-15(12)28-21/h2,4,6,8-10H,1,3,5,7H2,(H,23,24,25). The van der Waals surface area contributed by atoms with Gasteiger partial charge in [-0.3, -0.25) is 4.79 Å². The fraction of sp³-hybridized carbons (Fsp3) is 0.190. The lowest BCUT2D eigenvalue weighted by Gasteiger charge is -2.09. The summed E-state index contributed by atoms with van der Waals surface area (Å²) in [6.07, 6.45) is 4.36. The second kappa shape index (κ2) is 6.83. The van der Waals surface area contributed by atoms with Crippen molar-refractivity contribution < 1.29 is 4.42 Å². The van der Waals surface area contributed by atoms with E-state index in [1.807, 2.05) is 30.3 Å². The molecule has 6 rings (SSSR count). The SMILES string of the molecule is O=c1[nH]c(-c2ccc(Sc3nc4ccccc4s3)o2)nc2sc3c(c12)CCCC3. The van der Waals surface area contributed by atoms with Gasteiger partial charge in [0.25, 0.3) is 5.56 Å². The van der Waals surface area contributed by atoms with Crippen molar-refractivity contribution in [3.8, 4) is 11.6 Å². The Kier molecular flexibility index (Phi) is 4.11. The quantitative estimate of drug-likeness (QED) is 0.381. The van der Waals surface area contributed by atoms with Crippen molar-refractivity contribution in [3.63, 3.8) is 0 Å². The van der Waals surface area contributed by atoms with Gasteiger partial charge >= 0.3 is 0 Å². The number of aromatic amines is 1. The minimum atomic E-state index is -0.0684. The van der Waals surface area contributed by atoms with Crippen molar-refractivity contribution in [2.24, 2.45) is 0 Å². The van der Waals surface area contributed by atoms with E-state index >= 15 is 0 Å². The van der Waals surface area contributed by atoms with Gasteiger partial charge in [-0.2, -0.15) is 0 Å². The predicted octanol–water partition coefficient (Wildman–Crippen LogP) is 5.88. The third-order valence-corrected chi connectivity index (χ3v) is 8.31. The van der Waals surface area contributed by atoms with Crippen molar-refractivity contribution in [2.45, 2.75) is 35.1 Å². The molecule has 0 fully saturated rings. The third-order valence-electron chi connectivity index (χ3n) is 5.10. The number of fused-ring (bicyclic) bond motifs is 4. The number of hydrogen-bond donors (Lipinski definition) is 1. The Hall–Kier alpha value is -2.42. The lowest BCUT2D eigenvalue weighted by molar-refractivity contribution is 0.484. The Balaban J connectivity index is 1.35. The van der Waals surface area contributed by atoms with E-state index in [1.165, 1.54) is 28.6 Å². The van der Waals surface area contributed by atoms with Crippen molar-refractivity contribution in [3.05, 3.63) is 57.2 Å². The van der Waals surface area contributed by atoms with Crippen LogP contribution in [0.15, 0.2) is 55.0 Å². The van der Waals surface area contributed by atoms with E-state index < -0.39 is 0 Å². The van der Waals surface area contributed by atoms with Crippen LogP contribution in [-0.2, 0) is 12.8 Å². The van der Waals surface area contributed by atoms with E-state index in [1.54, 1.807) is 22.7 Å². The van der Waals surface area contributed by atoms with Crippen LogP contribution in [0.4, 0.5) is 0 Å². The van der Waals surface area contributed by atoms with Gasteiger partial charge in [-0.15, -0.1) is 22.7 Å². The highest BCUT2D eigenvalue weighted by Crippen LogP contribution is 2.37. The molecule has 0 radical (unpaired) electrons. The molecule has 4 heterocycles. The first-order chi connectivity index (χ1) is 14.2. The molecule has 0 atom stereocenters. The highest BCUT2D eigenvalue weighted by molar-refractivity contribution is 8.01. The molecule has 29 heavy (non-hydrogen) atoms. The maximum absolute atomic E-state index is 12.8. The maximum Gasteiger partial charge on any atom is 0.260 e. The van der Waals surface area contributed by atoms with Gasteiger partial charge in [0.1, 0.15) is 4.83 Å². The number of furan rings is 1. The largest absolute Gasteiger partial charge is 0.446 e. The van der Waals surface area contributed by atoms with Gasteiger partial charge in [-0.05, 0) is 67.3 Å². The number of benzene rings is 1. The number of para-hydroxylation sites is 1. The molecule has 0 saturated heterocycles. The van der Waals surface area contributed by atoms with Gasteiger partial charge < -0.3 is 9.40 Å². The molecular formula is C21H15N3O2S3. The summed E-state index contributed by atoms with van der Waals surface area (Å²) < 4.78 is 8.06. The Labute approximate surface area is 177 Å². The molecular weight excluding hydrogens is 422 g/mol. The third kappa shape index (κ3) is 3.02. The number of thiophene rings is 1. The summed E-state index contributed by atoms with van der Waals surface area (Å²) in [5, 5.41) is 1.50. The Bertz CT molecular complexity index is 1390. The van der Waals surface area contributed by atoms with Gasteiger partial charge in [-0.25, -0.2) is 9.97 Å². The Morgan fingerprint density at radius 1 is 1.03 bits per heavy atom. The predicted molar refractivity (Wildman–Crippen MR) is 118 cm³/mol. The summed E-state index contributed by atoms with van der Waals surface area (Å²) in [5.41, 5.74) is 2.12. The van der Waals surface area contributed by atoms with Crippen molar-refractivity contribution in [1.82, 2.24) is 15.0 Å². The molecule has 0 aliphatic heterocycles. The van der Waals surface area contributed by atoms with Crippen LogP contribution in [0.2, 0.25) is 0 Å². The molecule has 5 nitrogen and oxygen atoms in total. The van der Waals surface area contributed by atoms with Crippen LogP contribution in [0.1, 0.15) is 23.3 Å². The van der Waals surface area contributed by atoms with Gasteiger partial charge in [0.15, 0.2) is 21.0 Å². The number of aryl methyl sites for hydroxylation is 2. The molecule has 0 unspecified atom stereocenters. The Morgan fingerprint density at radius 3 is 2.86 bits per heavy atom. The molecule has 144 valence electrons. The summed E-state index contributed by atoms with van der Waals surface area (Å²) >= 11 is 4.77. The second-order valence-corrected chi connectivity index (χ2v) is 10.3. The minimum Gasteiger partial charge on any atom is -0.446 e. The number of rotatable bonds is 3. The summed E-state index contributed by atoms with van der Waals surface area (Å²) in [4.78, 5) is 27.2. The number of aromatic nitrogens is 3. The molecule has 1 aliphatic rings. The zero-order valence-corrected chi connectivity index (χ0v) is 17.7. The summed E-state index contributed by atoms with van der Waals surface area (Å²) in [5.74, 6) is 1.05. The maximum atomic E-state index is 12.8. The highest BCUT2D eigenvalue weighted by Gasteiger charge is 2.21. The van der Waals surface area contributed by atoms with Crippen molar-refractivity contribution in [2.75, 3.05) is 0 Å². The van der Waals surface area contributed by atoms with Crippen LogP contribution < -0.4 is 5.56 Å². The van der Waals surface area contributed by atoms with E-state index in [4.69, 9.17) is 9.40 Å². The van der Waals surface area contributed by atoms with Crippen molar-refractivity contribution >= 4 is 54.9 Å². The average Bonchev–Trinajstić information content (AvgIpc) is 3.43. The van der Waals surface area contributed by atoms with E-state index in [0.29, 0.717) is 11.6 Å². The first kappa shape index (κ1) is 17.4. The van der Waals surface area contributed by atoms with Gasteiger partial charge in [0, 0.05) is 4.88 Å². The number of thiazole rings is 1. The number of nitrogens with one attached hydrogen (secondary N) is 1. The number of hydrogen-bond acceptors (Lipinski definition) is 7. The molecule has 0 amide bonds. The molecule has 1 aromatic carbocycles.